The molecule has 0 radical (unpaired) electrons. The van der Waals surface area contributed by atoms with Crippen LogP contribution in [0, 0.1) is 0 Å². The average molecular weight is 120 g/mol. The van der Waals surface area contributed by atoms with E-state index in [1.165, 1.54) is 0 Å². The molecule has 0 aromatic heterocycles. The Morgan fingerprint density at radius 3 is 2.14 bits per heavy atom. The first-order valence-corrected chi connectivity index (χ1v) is 5.00. The molecule has 0 rings (SSSR count). The number of hydrogen-bond acceptors (Lipinski definition) is 1. The quantitative estimate of drug-likeness (QED) is 0.413. The minimum atomic E-state index is -1.78. The zero-order chi connectivity index (χ0) is 5.91. The van der Waals surface area contributed by atoms with Crippen LogP contribution in [0.25, 0.3) is 0 Å². The Labute approximate surface area is 45.9 Å². The maximum Gasteiger partial charge on any atom is 0.0185 e. The van der Waals surface area contributed by atoms with E-state index in [1.807, 2.05) is 0 Å². The van der Waals surface area contributed by atoms with Crippen LogP contribution in [0.2, 0.25) is 0 Å². The van der Waals surface area contributed by atoms with Crippen molar-refractivity contribution in [2.45, 2.75) is 0 Å². The van der Waals surface area contributed by atoms with Crippen molar-refractivity contribution in [3.63, 3.8) is 0 Å². The van der Waals surface area contributed by atoms with Gasteiger partial charge in [-0.1, -0.05) is 6.08 Å². The molecular weight excluding hydrogens is 108 g/mol. The zero-order valence-electron chi connectivity index (χ0n) is 4.85. The highest BCUT2D eigenvalue weighted by atomic mass is 32.2. The summed E-state index contributed by atoms with van der Waals surface area (Å²) in [6.45, 7) is 3.47. The summed E-state index contributed by atoms with van der Waals surface area (Å²) < 4.78 is 10.7. The van der Waals surface area contributed by atoms with E-state index in [0.717, 1.165) is 0 Å². The first kappa shape index (κ1) is 6.89. The van der Waals surface area contributed by atoms with Crippen LogP contribution in [0.3, 0.4) is 0 Å². The SMILES string of the molecule is C=CC[SH](C)(C)=O. The molecule has 0 fully saturated rings. The van der Waals surface area contributed by atoms with E-state index in [4.69, 9.17) is 0 Å². The highest BCUT2D eigenvalue weighted by Gasteiger charge is 1.92. The second kappa shape index (κ2) is 2.26. The van der Waals surface area contributed by atoms with Gasteiger partial charge in [0.25, 0.3) is 0 Å². The summed E-state index contributed by atoms with van der Waals surface area (Å²) in [6.07, 6.45) is 5.21. The molecule has 0 saturated heterocycles. The van der Waals surface area contributed by atoms with Crippen LogP contribution in [-0.4, -0.2) is 22.5 Å². The van der Waals surface area contributed by atoms with Gasteiger partial charge in [-0.2, -0.15) is 0 Å². The fourth-order valence-electron chi connectivity index (χ4n) is 0.311. The molecule has 0 aromatic carbocycles. The topological polar surface area (TPSA) is 17.1 Å². The van der Waals surface area contributed by atoms with E-state index in [9.17, 15) is 4.21 Å². The van der Waals surface area contributed by atoms with E-state index < -0.39 is 9.93 Å². The van der Waals surface area contributed by atoms with Crippen molar-refractivity contribution < 1.29 is 4.21 Å². The molecule has 0 aliphatic heterocycles. The number of rotatable bonds is 2. The van der Waals surface area contributed by atoms with Gasteiger partial charge in [0, 0.05) is 5.75 Å². The highest BCUT2D eigenvalue weighted by Crippen LogP contribution is 1.89. The van der Waals surface area contributed by atoms with Gasteiger partial charge < -0.3 is 0 Å². The molecule has 0 bridgehead atoms. The Hall–Kier alpha value is -0.110. The summed E-state index contributed by atoms with van der Waals surface area (Å²) in [4.78, 5) is 0. The summed E-state index contributed by atoms with van der Waals surface area (Å²) in [7, 11) is -1.78. The maximum atomic E-state index is 10.7. The van der Waals surface area contributed by atoms with Crippen LogP contribution in [0.1, 0.15) is 0 Å². The first-order chi connectivity index (χ1) is 3.06. The molecular formula is C5H12OS. The van der Waals surface area contributed by atoms with Gasteiger partial charge >= 0.3 is 0 Å². The monoisotopic (exact) mass is 120 g/mol. The standard InChI is InChI=1S/C5H12OS/c1-4-5-7(2,3)6/h4,7H,1,5H2,2-3H3. The number of hydrogen-bond donors (Lipinski definition) is 1. The van der Waals surface area contributed by atoms with Crippen LogP contribution in [-0.2, 0) is 9.93 Å². The van der Waals surface area contributed by atoms with E-state index >= 15 is 0 Å². The molecule has 0 aliphatic rings. The van der Waals surface area contributed by atoms with Crippen LogP contribution < -0.4 is 0 Å². The molecule has 0 atom stereocenters. The van der Waals surface area contributed by atoms with E-state index in [-0.39, 0.29) is 0 Å². The van der Waals surface area contributed by atoms with Gasteiger partial charge in [0.1, 0.15) is 0 Å². The lowest BCUT2D eigenvalue weighted by atomic mass is 10.8. The maximum absolute atomic E-state index is 10.7. The summed E-state index contributed by atoms with van der Waals surface area (Å²) in [5.41, 5.74) is 0. The Morgan fingerprint density at radius 1 is 1.71 bits per heavy atom. The van der Waals surface area contributed by atoms with Crippen molar-refractivity contribution in [3.8, 4) is 0 Å². The summed E-state index contributed by atoms with van der Waals surface area (Å²) in [6, 6.07) is 0. The third-order valence-corrected chi connectivity index (χ3v) is 1.71. The van der Waals surface area contributed by atoms with Gasteiger partial charge in [0.2, 0.25) is 0 Å². The van der Waals surface area contributed by atoms with Gasteiger partial charge in [-0.05, 0) is 12.5 Å². The van der Waals surface area contributed by atoms with Crippen molar-refractivity contribution in [2.24, 2.45) is 0 Å². The van der Waals surface area contributed by atoms with Gasteiger partial charge in [0.05, 0.1) is 0 Å². The van der Waals surface area contributed by atoms with Gasteiger partial charge in [-0.15, -0.1) is 16.5 Å². The molecule has 0 aliphatic carbocycles. The molecule has 0 spiro atoms. The van der Waals surface area contributed by atoms with E-state index in [0.29, 0.717) is 5.75 Å². The number of thiol groups is 1. The van der Waals surface area contributed by atoms with E-state index in [2.05, 4.69) is 6.58 Å². The summed E-state index contributed by atoms with van der Waals surface area (Å²) in [5, 5.41) is 0. The Bertz CT molecular complexity index is 101. The normalized spacial score (nSPS) is 13.4. The fourth-order valence-corrected chi connectivity index (χ4v) is 0.933. The minimum Gasteiger partial charge on any atom is -0.285 e. The molecule has 2 heteroatoms. The predicted molar refractivity (Wildman–Crippen MR) is 36.4 cm³/mol. The second-order valence-electron chi connectivity index (χ2n) is 2.05. The van der Waals surface area contributed by atoms with Crippen molar-refractivity contribution in [2.75, 3.05) is 18.3 Å². The highest BCUT2D eigenvalue weighted by molar-refractivity contribution is 8.01. The summed E-state index contributed by atoms with van der Waals surface area (Å²) in [5.74, 6) is 0.660. The molecule has 0 aromatic rings. The second-order valence-corrected chi connectivity index (χ2v) is 5.56. The third kappa shape index (κ3) is 5.89. The smallest absolute Gasteiger partial charge is 0.0185 e. The van der Waals surface area contributed by atoms with Gasteiger partial charge in [0.15, 0.2) is 0 Å². The van der Waals surface area contributed by atoms with Crippen LogP contribution in [0.5, 0.6) is 0 Å². The summed E-state index contributed by atoms with van der Waals surface area (Å²) >= 11 is 0. The van der Waals surface area contributed by atoms with Crippen molar-refractivity contribution in [1.82, 2.24) is 0 Å². The Morgan fingerprint density at radius 2 is 2.14 bits per heavy atom. The largest absolute Gasteiger partial charge is 0.285 e. The first-order valence-electron chi connectivity index (χ1n) is 2.21. The van der Waals surface area contributed by atoms with Crippen LogP contribution in [0.15, 0.2) is 12.7 Å². The molecule has 0 amide bonds. The molecule has 0 N–H and O–H groups in total. The van der Waals surface area contributed by atoms with Crippen molar-refractivity contribution in [1.29, 1.82) is 0 Å². The molecule has 0 saturated carbocycles. The Balaban J connectivity index is 3.57. The lowest BCUT2D eigenvalue weighted by Gasteiger charge is -2.05. The van der Waals surface area contributed by atoms with Gasteiger partial charge in [-0.3, -0.25) is 4.21 Å². The molecule has 7 heavy (non-hydrogen) atoms. The third-order valence-electron chi connectivity index (χ3n) is 0.569. The average Bonchev–Trinajstić information content (AvgIpc) is 1.30. The van der Waals surface area contributed by atoms with Crippen LogP contribution >= 0.6 is 0 Å². The minimum absolute atomic E-state index is 0.660. The lowest BCUT2D eigenvalue weighted by molar-refractivity contribution is 0.680. The van der Waals surface area contributed by atoms with Gasteiger partial charge in [-0.25, -0.2) is 0 Å². The lowest BCUT2D eigenvalue weighted by Crippen LogP contribution is -2.08. The molecule has 1 nitrogen and oxygen atoms in total. The van der Waals surface area contributed by atoms with Crippen LogP contribution in [0.4, 0.5) is 0 Å². The molecule has 44 valence electrons. The van der Waals surface area contributed by atoms with E-state index in [1.54, 1.807) is 18.6 Å². The molecule has 0 unspecified atom stereocenters. The van der Waals surface area contributed by atoms with Crippen molar-refractivity contribution in [3.05, 3.63) is 12.7 Å². The zero-order valence-corrected chi connectivity index (χ0v) is 5.74. The Kier molecular flexibility index (Phi) is 2.23. The fraction of sp³-hybridized carbons (Fsp3) is 0.600. The predicted octanol–water partition coefficient (Wildman–Crippen LogP) is 0.449. The molecule has 0 heterocycles. The van der Waals surface area contributed by atoms with Crippen molar-refractivity contribution >= 4 is 9.93 Å².